The third-order valence-corrected chi connectivity index (χ3v) is 6.91. The minimum Gasteiger partial charge on any atom is -0.481 e. The van der Waals surface area contributed by atoms with Crippen molar-refractivity contribution in [2.45, 2.75) is 44.4 Å². The summed E-state index contributed by atoms with van der Waals surface area (Å²) in [6.07, 6.45) is 8.90. The molecule has 0 saturated heterocycles. The van der Waals surface area contributed by atoms with E-state index >= 15 is 0 Å². The van der Waals surface area contributed by atoms with E-state index < -0.39 is 11.4 Å². The standard InChI is InChI=1S/C28H26N6O2/c1-17(2)25-16-30-14-21(33-25)11-26-23(15-32-34(26)3)24-7-4-18(13-31-24)22-6-5-20(10-19(22)12-29)28(8-9-28)27(35)36/h4-7,10,13-17H,8-9,11H2,1-3H3,(H,35,36). The van der Waals surface area contributed by atoms with E-state index in [1.54, 1.807) is 30.9 Å². The van der Waals surface area contributed by atoms with Gasteiger partial charge >= 0.3 is 5.97 Å². The first-order valence-corrected chi connectivity index (χ1v) is 11.9. The van der Waals surface area contributed by atoms with Gasteiger partial charge in [0, 0.05) is 48.7 Å². The molecule has 36 heavy (non-hydrogen) atoms. The summed E-state index contributed by atoms with van der Waals surface area (Å²) < 4.78 is 1.83. The van der Waals surface area contributed by atoms with Crippen LogP contribution in [-0.4, -0.2) is 35.8 Å². The summed E-state index contributed by atoms with van der Waals surface area (Å²) >= 11 is 0. The number of benzene rings is 1. The summed E-state index contributed by atoms with van der Waals surface area (Å²) in [4.78, 5) is 25.5. The monoisotopic (exact) mass is 478 g/mol. The zero-order valence-electron chi connectivity index (χ0n) is 20.4. The van der Waals surface area contributed by atoms with E-state index in [2.05, 4.69) is 35.0 Å². The van der Waals surface area contributed by atoms with Crippen molar-refractivity contribution in [1.82, 2.24) is 24.7 Å². The second-order valence-corrected chi connectivity index (χ2v) is 9.59. The second kappa shape index (κ2) is 9.00. The van der Waals surface area contributed by atoms with Gasteiger partial charge in [-0.15, -0.1) is 0 Å². The molecule has 1 aliphatic carbocycles. The van der Waals surface area contributed by atoms with E-state index in [0.29, 0.717) is 36.3 Å². The molecule has 3 aromatic heterocycles. The minimum atomic E-state index is -0.845. The molecule has 0 atom stereocenters. The van der Waals surface area contributed by atoms with Gasteiger partial charge in [-0.25, -0.2) is 0 Å². The molecule has 1 fully saturated rings. The van der Waals surface area contributed by atoms with E-state index in [1.165, 1.54) is 0 Å². The average Bonchev–Trinajstić information content (AvgIpc) is 3.63. The predicted octanol–water partition coefficient (Wildman–Crippen LogP) is 4.64. The Morgan fingerprint density at radius 3 is 2.58 bits per heavy atom. The number of pyridine rings is 1. The van der Waals surface area contributed by atoms with Crippen molar-refractivity contribution in [2.75, 3.05) is 0 Å². The number of aromatic nitrogens is 5. The summed E-state index contributed by atoms with van der Waals surface area (Å²) in [5.41, 5.74) is 6.30. The molecule has 8 heteroatoms. The third-order valence-electron chi connectivity index (χ3n) is 6.91. The van der Waals surface area contributed by atoms with Crippen LogP contribution in [0.2, 0.25) is 0 Å². The lowest BCUT2D eigenvalue weighted by Gasteiger charge is -2.13. The van der Waals surface area contributed by atoms with Crippen molar-refractivity contribution >= 4 is 5.97 Å². The van der Waals surface area contributed by atoms with Gasteiger partial charge in [-0.05, 0) is 36.5 Å². The van der Waals surface area contributed by atoms with Crippen molar-refractivity contribution in [1.29, 1.82) is 5.26 Å². The maximum absolute atomic E-state index is 11.7. The van der Waals surface area contributed by atoms with Gasteiger partial charge in [0.05, 0.1) is 46.0 Å². The average molecular weight is 479 g/mol. The number of hydrogen-bond donors (Lipinski definition) is 1. The molecule has 0 amide bonds. The Bertz CT molecular complexity index is 1490. The normalized spacial score (nSPS) is 14.0. The number of carboxylic acid groups (broad SMARTS) is 1. The van der Waals surface area contributed by atoms with E-state index in [4.69, 9.17) is 4.98 Å². The Labute approximate surface area is 209 Å². The zero-order valence-corrected chi connectivity index (χ0v) is 20.4. The van der Waals surface area contributed by atoms with Gasteiger partial charge in [0.1, 0.15) is 0 Å². The van der Waals surface area contributed by atoms with Crippen molar-refractivity contribution in [3.63, 3.8) is 0 Å². The van der Waals surface area contributed by atoms with Crippen molar-refractivity contribution in [3.05, 3.63) is 83.3 Å². The Balaban J connectivity index is 1.44. The molecule has 4 aromatic rings. The van der Waals surface area contributed by atoms with E-state index in [-0.39, 0.29) is 0 Å². The van der Waals surface area contributed by atoms with Crippen LogP contribution in [-0.2, 0) is 23.7 Å². The SMILES string of the molecule is CC(C)c1cncc(Cc2c(-c3ccc(-c4ccc(C5(C(=O)O)CC5)cc4C#N)cn3)cnn2C)n1. The van der Waals surface area contributed by atoms with Crippen molar-refractivity contribution < 1.29 is 9.90 Å². The van der Waals surface area contributed by atoms with Crippen molar-refractivity contribution in [2.24, 2.45) is 7.05 Å². The zero-order chi connectivity index (χ0) is 25.4. The topological polar surface area (TPSA) is 118 Å². The molecule has 0 aliphatic heterocycles. The fraction of sp³-hybridized carbons (Fsp3) is 0.286. The Hall–Kier alpha value is -4.38. The van der Waals surface area contributed by atoms with Crippen LogP contribution >= 0.6 is 0 Å². The van der Waals surface area contributed by atoms with Gasteiger partial charge < -0.3 is 5.11 Å². The summed E-state index contributed by atoms with van der Waals surface area (Å²) in [6.45, 7) is 4.19. The van der Waals surface area contributed by atoms with Crippen LogP contribution in [0, 0.1) is 11.3 Å². The van der Waals surface area contributed by atoms with Gasteiger partial charge in [-0.3, -0.25) is 24.4 Å². The predicted molar refractivity (Wildman–Crippen MR) is 134 cm³/mol. The molecule has 0 spiro atoms. The molecule has 1 aromatic carbocycles. The van der Waals surface area contributed by atoms with Gasteiger partial charge in [0.15, 0.2) is 0 Å². The fourth-order valence-electron chi connectivity index (χ4n) is 4.49. The van der Waals surface area contributed by atoms with Gasteiger partial charge in [-0.1, -0.05) is 32.0 Å². The van der Waals surface area contributed by atoms with Crippen LogP contribution in [0.5, 0.6) is 0 Å². The molecule has 1 saturated carbocycles. The molecule has 1 aliphatic rings. The molecule has 1 N–H and O–H groups in total. The quantitative estimate of drug-likeness (QED) is 0.411. The van der Waals surface area contributed by atoms with Gasteiger partial charge in [0.2, 0.25) is 0 Å². The number of nitrogens with zero attached hydrogens (tertiary/aromatic N) is 6. The molecule has 0 bridgehead atoms. The van der Waals surface area contributed by atoms with Crippen LogP contribution in [0.4, 0.5) is 0 Å². The number of aliphatic carboxylic acids is 1. The van der Waals surface area contributed by atoms with Crippen molar-refractivity contribution in [3.8, 4) is 28.5 Å². The first-order valence-electron chi connectivity index (χ1n) is 11.9. The lowest BCUT2D eigenvalue weighted by atomic mass is 9.91. The Morgan fingerprint density at radius 1 is 1.14 bits per heavy atom. The largest absolute Gasteiger partial charge is 0.481 e. The number of nitriles is 1. The molecule has 5 rings (SSSR count). The summed E-state index contributed by atoms with van der Waals surface area (Å²) in [5, 5.41) is 23.8. The molecule has 0 radical (unpaired) electrons. The second-order valence-electron chi connectivity index (χ2n) is 9.59. The Morgan fingerprint density at radius 2 is 1.94 bits per heavy atom. The molecular formula is C28H26N6O2. The van der Waals surface area contributed by atoms with Gasteiger partial charge in [-0.2, -0.15) is 10.4 Å². The highest BCUT2D eigenvalue weighted by atomic mass is 16.4. The smallest absolute Gasteiger partial charge is 0.314 e. The van der Waals surface area contributed by atoms with Crippen LogP contribution in [0.1, 0.15) is 60.8 Å². The van der Waals surface area contributed by atoms with Crippen LogP contribution in [0.25, 0.3) is 22.4 Å². The Kier molecular flexibility index (Phi) is 5.84. The number of carboxylic acids is 1. The van der Waals surface area contributed by atoms with Gasteiger partial charge in [0.25, 0.3) is 0 Å². The first kappa shape index (κ1) is 23.4. The first-order chi connectivity index (χ1) is 17.3. The highest BCUT2D eigenvalue weighted by Gasteiger charge is 2.51. The fourth-order valence-corrected chi connectivity index (χ4v) is 4.49. The number of rotatable bonds is 7. The summed E-state index contributed by atoms with van der Waals surface area (Å²) in [7, 11) is 1.90. The maximum Gasteiger partial charge on any atom is 0.314 e. The third kappa shape index (κ3) is 4.13. The molecule has 3 heterocycles. The minimum absolute atomic E-state index is 0.295. The number of carbonyl (C=O) groups is 1. The lowest BCUT2D eigenvalue weighted by Crippen LogP contribution is -2.19. The van der Waals surface area contributed by atoms with Crippen LogP contribution in [0.3, 0.4) is 0 Å². The lowest BCUT2D eigenvalue weighted by molar-refractivity contribution is -0.140. The molecular weight excluding hydrogens is 452 g/mol. The van der Waals surface area contributed by atoms with Crippen LogP contribution in [0.15, 0.2) is 55.1 Å². The highest BCUT2D eigenvalue weighted by molar-refractivity contribution is 5.86. The van der Waals surface area contributed by atoms with E-state index in [1.807, 2.05) is 36.0 Å². The van der Waals surface area contributed by atoms with E-state index in [9.17, 15) is 15.2 Å². The molecule has 0 unspecified atom stereocenters. The van der Waals surface area contributed by atoms with Crippen LogP contribution < -0.4 is 0 Å². The number of hydrogen-bond acceptors (Lipinski definition) is 6. The number of aryl methyl sites for hydroxylation is 1. The highest BCUT2D eigenvalue weighted by Crippen LogP contribution is 2.49. The van der Waals surface area contributed by atoms with E-state index in [0.717, 1.165) is 39.5 Å². The summed E-state index contributed by atoms with van der Waals surface area (Å²) in [5.74, 6) is -0.539. The summed E-state index contributed by atoms with van der Waals surface area (Å²) in [6, 6.07) is 11.4. The maximum atomic E-state index is 11.7. The molecule has 8 nitrogen and oxygen atoms in total. The molecule has 180 valence electrons.